The third-order valence-corrected chi connectivity index (χ3v) is 5.62. The average Bonchev–Trinajstić information content (AvgIpc) is 3.10. The third kappa shape index (κ3) is 4.58. The molecule has 0 spiro atoms. The number of piperidine rings is 1. The molecule has 0 saturated carbocycles. The maximum atomic E-state index is 5.89. The molecule has 25 heavy (non-hydrogen) atoms. The van der Waals surface area contributed by atoms with Gasteiger partial charge in [0.15, 0.2) is 0 Å². The first-order valence-electron chi connectivity index (χ1n) is 8.70. The first-order chi connectivity index (χ1) is 12.2. The molecule has 0 unspecified atom stereocenters. The van der Waals surface area contributed by atoms with Gasteiger partial charge in [0.25, 0.3) is 0 Å². The molecule has 1 fully saturated rings. The Bertz CT molecular complexity index is 698. The van der Waals surface area contributed by atoms with E-state index in [1.165, 1.54) is 11.4 Å². The van der Waals surface area contributed by atoms with Gasteiger partial charge in [0.2, 0.25) is 0 Å². The van der Waals surface area contributed by atoms with Crippen molar-refractivity contribution < 1.29 is 4.74 Å². The summed E-state index contributed by atoms with van der Waals surface area (Å²) in [5.41, 5.74) is 2.10. The van der Waals surface area contributed by atoms with Gasteiger partial charge in [-0.1, -0.05) is 6.92 Å². The molecular formula is C19H26N4OS. The van der Waals surface area contributed by atoms with Gasteiger partial charge in [-0.3, -0.25) is 4.99 Å². The van der Waals surface area contributed by atoms with Crippen LogP contribution in [-0.2, 0) is 6.61 Å². The summed E-state index contributed by atoms with van der Waals surface area (Å²) in [6.07, 6.45) is 2.96. The van der Waals surface area contributed by atoms with E-state index >= 15 is 0 Å². The van der Waals surface area contributed by atoms with Crippen LogP contribution in [0.3, 0.4) is 0 Å². The van der Waals surface area contributed by atoms with Gasteiger partial charge in [0.05, 0.1) is 17.0 Å². The molecule has 1 aliphatic heterocycles. The molecule has 1 aliphatic rings. The van der Waals surface area contributed by atoms with Crippen LogP contribution >= 0.6 is 11.3 Å². The van der Waals surface area contributed by atoms with Crippen molar-refractivity contribution in [2.45, 2.75) is 25.9 Å². The molecule has 1 N–H and O–H groups in total. The van der Waals surface area contributed by atoms with E-state index in [0.29, 0.717) is 18.4 Å². The predicted octanol–water partition coefficient (Wildman–Crippen LogP) is 3.53. The Hall–Kier alpha value is -1.92. The van der Waals surface area contributed by atoms with E-state index in [0.717, 1.165) is 30.2 Å². The van der Waals surface area contributed by atoms with Crippen LogP contribution in [0.15, 0.2) is 34.6 Å². The molecule has 0 bridgehead atoms. The lowest BCUT2D eigenvalue weighted by atomic mass is 9.88. The van der Waals surface area contributed by atoms with Crippen molar-refractivity contribution in [2.75, 3.05) is 32.1 Å². The average molecular weight is 359 g/mol. The minimum Gasteiger partial charge on any atom is -0.487 e. The van der Waals surface area contributed by atoms with Gasteiger partial charge in [-0.25, -0.2) is 4.98 Å². The molecule has 134 valence electrons. The third-order valence-electron chi connectivity index (χ3n) is 4.59. The van der Waals surface area contributed by atoms with Crippen LogP contribution < -0.4 is 15.0 Å². The molecule has 6 heteroatoms. The summed E-state index contributed by atoms with van der Waals surface area (Å²) in [6, 6.07) is 8.02. The van der Waals surface area contributed by atoms with E-state index in [9.17, 15) is 0 Å². The van der Waals surface area contributed by atoms with Crippen LogP contribution in [0.1, 0.15) is 30.0 Å². The maximum Gasteiger partial charge on any atom is 0.131 e. The fraction of sp³-hybridized carbons (Fsp3) is 0.474. The van der Waals surface area contributed by atoms with Crippen molar-refractivity contribution in [2.24, 2.45) is 10.9 Å². The second kappa shape index (κ2) is 8.45. The standard InChI is InChI=1S/C19H26N4OS/c1-14-10-21-9-8-18(14)19-22-15(12-25-19)11-24-17-6-4-16(5-7-17)23(3)13-20-2/h4-7,12-14,18,21H,8-11H2,1-3H3/t14-,18+/m0/s1. The summed E-state index contributed by atoms with van der Waals surface area (Å²) in [7, 11) is 3.74. The number of nitrogens with one attached hydrogen (secondary N) is 1. The predicted molar refractivity (Wildman–Crippen MR) is 105 cm³/mol. The Balaban J connectivity index is 1.57. The fourth-order valence-electron chi connectivity index (χ4n) is 3.11. The molecule has 1 saturated heterocycles. The van der Waals surface area contributed by atoms with Gasteiger partial charge >= 0.3 is 0 Å². The lowest BCUT2D eigenvalue weighted by molar-refractivity contribution is 0.300. The van der Waals surface area contributed by atoms with Gasteiger partial charge in [-0.15, -0.1) is 11.3 Å². The van der Waals surface area contributed by atoms with E-state index in [-0.39, 0.29) is 0 Å². The smallest absolute Gasteiger partial charge is 0.131 e. The Morgan fingerprint density at radius 3 is 2.92 bits per heavy atom. The van der Waals surface area contributed by atoms with Gasteiger partial charge in [0.1, 0.15) is 12.4 Å². The highest BCUT2D eigenvalue weighted by Crippen LogP contribution is 2.32. The van der Waals surface area contributed by atoms with E-state index < -0.39 is 0 Å². The maximum absolute atomic E-state index is 5.89. The van der Waals surface area contributed by atoms with Gasteiger partial charge < -0.3 is 15.0 Å². The van der Waals surface area contributed by atoms with Crippen molar-refractivity contribution in [3.63, 3.8) is 0 Å². The molecule has 3 rings (SSSR count). The lowest BCUT2D eigenvalue weighted by Crippen LogP contribution is -2.33. The van der Waals surface area contributed by atoms with Crippen molar-refractivity contribution >= 4 is 23.4 Å². The van der Waals surface area contributed by atoms with Crippen LogP contribution in [0.5, 0.6) is 5.75 Å². The number of ether oxygens (including phenoxy) is 1. The molecule has 5 nitrogen and oxygen atoms in total. The zero-order chi connectivity index (χ0) is 17.6. The van der Waals surface area contributed by atoms with Crippen LogP contribution in [0.2, 0.25) is 0 Å². The molecule has 2 heterocycles. The van der Waals surface area contributed by atoms with E-state index in [1.807, 2.05) is 36.2 Å². The molecule has 0 radical (unpaired) electrons. The normalized spacial score (nSPS) is 20.8. The lowest BCUT2D eigenvalue weighted by Gasteiger charge is -2.27. The number of aromatic nitrogens is 1. The minimum absolute atomic E-state index is 0.515. The first-order valence-corrected chi connectivity index (χ1v) is 9.58. The van der Waals surface area contributed by atoms with Crippen molar-refractivity contribution in [1.82, 2.24) is 10.3 Å². The molecule has 2 atom stereocenters. The SMILES string of the molecule is CN=CN(C)c1ccc(OCc2csc([C@@H]3CCNC[C@@H]3C)n2)cc1. The zero-order valence-corrected chi connectivity index (χ0v) is 15.9. The number of anilines is 1. The highest BCUT2D eigenvalue weighted by atomic mass is 32.1. The highest BCUT2D eigenvalue weighted by molar-refractivity contribution is 7.09. The summed E-state index contributed by atoms with van der Waals surface area (Å²) < 4.78 is 5.89. The summed E-state index contributed by atoms with van der Waals surface area (Å²) in [5, 5.41) is 6.83. The van der Waals surface area contributed by atoms with E-state index in [4.69, 9.17) is 9.72 Å². The summed E-state index contributed by atoms with van der Waals surface area (Å²) in [5.74, 6) is 2.08. The van der Waals surface area contributed by atoms with Crippen molar-refractivity contribution in [3.8, 4) is 5.75 Å². The number of hydrogen-bond acceptors (Lipinski definition) is 5. The number of aliphatic imine (C=N–C) groups is 1. The minimum atomic E-state index is 0.515. The van der Waals surface area contributed by atoms with Crippen molar-refractivity contribution in [1.29, 1.82) is 0 Å². The summed E-state index contributed by atoms with van der Waals surface area (Å²) in [6.45, 7) is 4.99. The molecule has 1 aromatic heterocycles. The van der Waals surface area contributed by atoms with Gasteiger partial charge in [0, 0.05) is 31.1 Å². The molecular weight excluding hydrogens is 332 g/mol. The molecule has 1 aromatic carbocycles. The first kappa shape index (κ1) is 17.9. The van der Waals surface area contributed by atoms with E-state index in [2.05, 4.69) is 22.6 Å². The summed E-state index contributed by atoms with van der Waals surface area (Å²) >= 11 is 1.77. The molecule has 0 amide bonds. The second-order valence-electron chi connectivity index (χ2n) is 6.52. The van der Waals surface area contributed by atoms with Gasteiger partial charge in [-0.2, -0.15) is 0 Å². The van der Waals surface area contributed by atoms with Crippen LogP contribution in [-0.4, -0.2) is 38.5 Å². The van der Waals surface area contributed by atoms with Crippen molar-refractivity contribution in [3.05, 3.63) is 40.3 Å². The Labute approximate surface area is 153 Å². The Kier molecular flexibility index (Phi) is 6.04. The van der Waals surface area contributed by atoms with Crippen LogP contribution in [0.25, 0.3) is 0 Å². The molecule has 0 aliphatic carbocycles. The number of benzene rings is 1. The zero-order valence-electron chi connectivity index (χ0n) is 15.1. The second-order valence-corrected chi connectivity index (χ2v) is 7.41. The van der Waals surface area contributed by atoms with Crippen LogP contribution in [0, 0.1) is 5.92 Å². The number of rotatable bonds is 6. The monoisotopic (exact) mass is 358 g/mol. The van der Waals surface area contributed by atoms with Crippen LogP contribution in [0.4, 0.5) is 5.69 Å². The quantitative estimate of drug-likeness (QED) is 0.634. The Morgan fingerprint density at radius 1 is 1.40 bits per heavy atom. The Morgan fingerprint density at radius 2 is 2.20 bits per heavy atom. The highest BCUT2D eigenvalue weighted by Gasteiger charge is 2.25. The summed E-state index contributed by atoms with van der Waals surface area (Å²) in [4.78, 5) is 10.8. The molecule has 2 aromatic rings. The number of hydrogen-bond donors (Lipinski definition) is 1. The fourth-order valence-corrected chi connectivity index (χ4v) is 4.19. The van der Waals surface area contributed by atoms with E-state index in [1.54, 1.807) is 24.7 Å². The van der Waals surface area contributed by atoms with Gasteiger partial charge in [-0.05, 0) is 49.7 Å². The number of thiazole rings is 1. The topological polar surface area (TPSA) is 49.8 Å². The largest absolute Gasteiger partial charge is 0.487 e. The number of nitrogens with zero attached hydrogens (tertiary/aromatic N) is 3.